The highest BCUT2D eigenvalue weighted by atomic mass is 16.5. The lowest BCUT2D eigenvalue weighted by Crippen LogP contribution is -2.50. The van der Waals surface area contributed by atoms with Gasteiger partial charge in [-0.3, -0.25) is 0 Å². The van der Waals surface area contributed by atoms with Crippen LogP contribution in [0.5, 0.6) is 0 Å². The molecule has 0 aliphatic heterocycles. The Labute approximate surface area is 114 Å². The van der Waals surface area contributed by atoms with Crippen LogP contribution in [0.25, 0.3) is 0 Å². The van der Waals surface area contributed by atoms with Gasteiger partial charge in [-0.1, -0.05) is 24.3 Å². The highest BCUT2D eigenvalue weighted by Crippen LogP contribution is 2.34. The van der Waals surface area contributed by atoms with Gasteiger partial charge in [-0.2, -0.15) is 0 Å². The lowest BCUT2D eigenvalue weighted by Gasteiger charge is -2.39. The summed E-state index contributed by atoms with van der Waals surface area (Å²) in [7, 11) is 1.57. The average molecular weight is 265 g/mol. The molecule has 0 radical (unpaired) electrons. The molecule has 0 amide bonds. The molecule has 1 aliphatic carbocycles. The Morgan fingerprint density at radius 3 is 2.95 bits per heavy atom. The summed E-state index contributed by atoms with van der Waals surface area (Å²) in [6.07, 6.45) is 2.44. The molecule has 2 atom stereocenters. The predicted octanol–water partition coefficient (Wildman–Crippen LogP) is 0.807. The van der Waals surface area contributed by atoms with Gasteiger partial charge in [0.2, 0.25) is 0 Å². The van der Waals surface area contributed by atoms with Crippen molar-refractivity contribution in [1.82, 2.24) is 5.32 Å². The van der Waals surface area contributed by atoms with E-state index < -0.39 is 11.6 Å². The minimum absolute atomic E-state index is 0.0454. The molecule has 0 aromatic heterocycles. The van der Waals surface area contributed by atoms with Gasteiger partial charge < -0.3 is 20.3 Å². The zero-order valence-electron chi connectivity index (χ0n) is 11.4. The molecule has 4 nitrogen and oxygen atoms in total. The van der Waals surface area contributed by atoms with Crippen LogP contribution in [0.1, 0.15) is 24.0 Å². The minimum atomic E-state index is -0.553. The minimum Gasteiger partial charge on any atom is -0.394 e. The first kappa shape index (κ1) is 14.5. The Kier molecular flexibility index (Phi) is 4.93. The third-order valence-corrected chi connectivity index (χ3v) is 3.89. The molecule has 106 valence electrons. The van der Waals surface area contributed by atoms with Crippen LogP contribution >= 0.6 is 0 Å². The van der Waals surface area contributed by atoms with Crippen molar-refractivity contribution in [2.75, 3.05) is 26.9 Å². The second kappa shape index (κ2) is 6.48. The van der Waals surface area contributed by atoms with Crippen LogP contribution in [-0.2, 0) is 16.7 Å². The largest absolute Gasteiger partial charge is 0.394 e. The standard InChI is InChI=1S/C15H23NO3/c1-19-10-13(18)9-16-15(11-17)8-4-6-12-5-2-3-7-14(12)15/h2-3,5,7,13,16-18H,4,6,8-11H2,1H3/t13-,15+/m1/s1. The molecule has 1 aromatic carbocycles. The topological polar surface area (TPSA) is 61.7 Å². The van der Waals surface area contributed by atoms with Crippen LogP contribution in [0.2, 0.25) is 0 Å². The molecule has 0 saturated heterocycles. The fourth-order valence-electron chi connectivity index (χ4n) is 2.89. The van der Waals surface area contributed by atoms with Gasteiger partial charge in [-0.25, -0.2) is 0 Å². The van der Waals surface area contributed by atoms with Crippen molar-refractivity contribution in [2.45, 2.75) is 30.9 Å². The van der Waals surface area contributed by atoms with Gasteiger partial charge in [-0.15, -0.1) is 0 Å². The molecule has 2 rings (SSSR count). The van der Waals surface area contributed by atoms with Crippen molar-refractivity contribution < 1.29 is 14.9 Å². The molecule has 1 aromatic rings. The Balaban J connectivity index is 2.15. The number of methoxy groups -OCH3 is 1. The molecule has 0 bridgehead atoms. The van der Waals surface area contributed by atoms with E-state index >= 15 is 0 Å². The van der Waals surface area contributed by atoms with E-state index in [1.54, 1.807) is 7.11 Å². The van der Waals surface area contributed by atoms with Gasteiger partial charge in [0.1, 0.15) is 0 Å². The Morgan fingerprint density at radius 2 is 2.21 bits per heavy atom. The first-order valence-electron chi connectivity index (χ1n) is 6.83. The smallest absolute Gasteiger partial charge is 0.0897 e. The molecular formula is C15H23NO3. The highest BCUT2D eigenvalue weighted by Gasteiger charge is 2.35. The summed E-state index contributed by atoms with van der Waals surface area (Å²) >= 11 is 0. The zero-order chi connectivity index (χ0) is 13.7. The molecule has 0 unspecified atom stereocenters. The number of ether oxygens (including phenoxy) is 1. The normalized spacial score (nSPS) is 23.9. The lowest BCUT2D eigenvalue weighted by molar-refractivity contribution is 0.0492. The van der Waals surface area contributed by atoms with Crippen molar-refractivity contribution in [2.24, 2.45) is 0 Å². The molecular weight excluding hydrogens is 242 g/mol. The fourth-order valence-corrected chi connectivity index (χ4v) is 2.89. The van der Waals surface area contributed by atoms with E-state index in [0.717, 1.165) is 24.8 Å². The van der Waals surface area contributed by atoms with E-state index in [-0.39, 0.29) is 6.61 Å². The van der Waals surface area contributed by atoms with Crippen LogP contribution in [0, 0.1) is 0 Å². The Morgan fingerprint density at radius 1 is 1.42 bits per heavy atom. The van der Waals surface area contributed by atoms with E-state index in [1.165, 1.54) is 5.56 Å². The first-order chi connectivity index (χ1) is 9.22. The third kappa shape index (κ3) is 3.15. The number of aliphatic hydroxyl groups excluding tert-OH is 2. The van der Waals surface area contributed by atoms with Gasteiger partial charge in [0.25, 0.3) is 0 Å². The maximum atomic E-state index is 9.86. The van der Waals surface area contributed by atoms with E-state index in [4.69, 9.17) is 4.74 Å². The van der Waals surface area contributed by atoms with Gasteiger partial charge in [0.05, 0.1) is 24.9 Å². The third-order valence-electron chi connectivity index (χ3n) is 3.89. The SMILES string of the molecule is COC[C@H](O)CN[C@]1(CO)CCCc2ccccc21. The van der Waals surface area contributed by atoms with Gasteiger partial charge >= 0.3 is 0 Å². The maximum absolute atomic E-state index is 9.86. The summed E-state index contributed by atoms with van der Waals surface area (Å²) < 4.78 is 4.93. The molecule has 0 spiro atoms. The first-order valence-corrected chi connectivity index (χ1v) is 6.83. The Hall–Kier alpha value is -0.940. The molecule has 19 heavy (non-hydrogen) atoms. The summed E-state index contributed by atoms with van der Waals surface area (Å²) in [5.41, 5.74) is 2.02. The van der Waals surface area contributed by atoms with E-state index in [2.05, 4.69) is 17.4 Å². The van der Waals surface area contributed by atoms with Gasteiger partial charge in [0.15, 0.2) is 0 Å². The van der Waals surface area contributed by atoms with Crippen molar-refractivity contribution in [3.63, 3.8) is 0 Å². The van der Waals surface area contributed by atoms with E-state index in [1.807, 2.05) is 12.1 Å². The molecule has 1 aliphatic rings. The van der Waals surface area contributed by atoms with Crippen molar-refractivity contribution >= 4 is 0 Å². The monoisotopic (exact) mass is 265 g/mol. The fraction of sp³-hybridized carbons (Fsp3) is 0.600. The summed E-state index contributed by atoms with van der Waals surface area (Å²) in [6.45, 7) is 0.766. The van der Waals surface area contributed by atoms with Crippen LogP contribution < -0.4 is 5.32 Å². The number of benzene rings is 1. The molecule has 0 heterocycles. The summed E-state index contributed by atoms with van der Waals surface area (Å²) in [5.74, 6) is 0. The quantitative estimate of drug-likeness (QED) is 0.712. The maximum Gasteiger partial charge on any atom is 0.0897 e. The number of hydrogen-bond donors (Lipinski definition) is 3. The highest BCUT2D eigenvalue weighted by molar-refractivity contribution is 5.36. The second-order valence-corrected chi connectivity index (χ2v) is 5.24. The van der Waals surface area contributed by atoms with Crippen LogP contribution in [0.3, 0.4) is 0 Å². The average Bonchev–Trinajstić information content (AvgIpc) is 2.45. The van der Waals surface area contributed by atoms with E-state index in [0.29, 0.717) is 13.2 Å². The number of nitrogens with one attached hydrogen (secondary N) is 1. The van der Waals surface area contributed by atoms with E-state index in [9.17, 15) is 10.2 Å². The van der Waals surface area contributed by atoms with Crippen molar-refractivity contribution in [1.29, 1.82) is 0 Å². The number of aryl methyl sites for hydroxylation is 1. The lowest BCUT2D eigenvalue weighted by atomic mass is 9.77. The zero-order valence-corrected chi connectivity index (χ0v) is 11.4. The van der Waals surface area contributed by atoms with Crippen LogP contribution in [0.15, 0.2) is 24.3 Å². The molecule has 0 saturated carbocycles. The predicted molar refractivity (Wildman–Crippen MR) is 74.0 cm³/mol. The summed E-state index contributed by atoms with van der Waals surface area (Å²) in [4.78, 5) is 0. The van der Waals surface area contributed by atoms with Crippen molar-refractivity contribution in [3.05, 3.63) is 35.4 Å². The number of hydrogen-bond acceptors (Lipinski definition) is 4. The Bertz CT molecular complexity index is 410. The number of fused-ring (bicyclic) bond motifs is 1. The number of aliphatic hydroxyl groups is 2. The molecule has 4 heteroatoms. The molecule has 0 fully saturated rings. The number of rotatable bonds is 6. The molecule has 3 N–H and O–H groups in total. The summed E-state index contributed by atoms with van der Waals surface area (Å²) in [5, 5.41) is 23.0. The van der Waals surface area contributed by atoms with Gasteiger partial charge in [-0.05, 0) is 30.4 Å². The van der Waals surface area contributed by atoms with Crippen LogP contribution in [-0.4, -0.2) is 43.2 Å². The summed E-state index contributed by atoms with van der Waals surface area (Å²) in [6, 6.07) is 8.22. The van der Waals surface area contributed by atoms with Gasteiger partial charge in [0, 0.05) is 13.7 Å². The van der Waals surface area contributed by atoms with Crippen molar-refractivity contribution in [3.8, 4) is 0 Å². The second-order valence-electron chi connectivity index (χ2n) is 5.24. The van der Waals surface area contributed by atoms with Crippen LogP contribution in [0.4, 0.5) is 0 Å².